The molecule has 1 heterocycles. The standard InChI is InChI=1S/C25H22BrNO2/c1-17-10-12-19(13-11-17)22-23(20-8-5-9-21(26)16-20)27(25(29)24(22)28)15-14-18-6-3-2-4-7-18/h2-13,16,23,28H,14-15H2,1H3. The molecule has 1 aliphatic heterocycles. The maximum atomic E-state index is 13.1. The molecule has 4 heteroatoms. The van der Waals surface area contributed by atoms with Gasteiger partial charge in [0.05, 0.1) is 6.04 Å². The van der Waals surface area contributed by atoms with E-state index < -0.39 is 0 Å². The largest absolute Gasteiger partial charge is 0.503 e. The van der Waals surface area contributed by atoms with Crippen molar-refractivity contribution in [2.24, 2.45) is 0 Å². The highest BCUT2D eigenvalue weighted by molar-refractivity contribution is 9.10. The summed E-state index contributed by atoms with van der Waals surface area (Å²) >= 11 is 3.54. The van der Waals surface area contributed by atoms with Crippen LogP contribution in [0, 0.1) is 6.92 Å². The van der Waals surface area contributed by atoms with Gasteiger partial charge in [-0.15, -0.1) is 0 Å². The van der Waals surface area contributed by atoms with E-state index in [0.29, 0.717) is 12.1 Å². The number of amides is 1. The van der Waals surface area contributed by atoms with Gasteiger partial charge >= 0.3 is 0 Å². The van der Waals surface area contributed by atoms with Crippen LogP contribution in [0.25, 0.3) is 5.57 Å². The van der Waals surface area contributed by atoms with Crippen molar-refractivity contribution in [1.29, 1.82) is 0 Å². The number of aliphatic hydroxyl groups is 1. The lowest BCUT2D eigenvalue weighted by molar-refractivity contribution is -0.129. The van der Waals surface area contributed by atoms with E-state index >= 15 is 0 Å². The molecule has 29 heavy (non-hydrogen) atoms. The number of aliphatic hydroxyl groups excluding tert-OH is 1. The fourth-order valence-electron chi connectivity index (χ4n) is 3.83. The molecule has 1 amide bonds. The van der Waals surface area contributed by atoms with E-state index in [0.717, 1.165) is 33.1 Å². The van der Waals surface area contributed by atoms with Crippen molar-refractivity contribution in [1.82, 2.24) is 4.90 Å². The normalized spacial score (nSPS) is 16.6. The Bertz CT molecular complexity index is 1060. The van der Waals surface area contributed by atoms with Crippen LogP contribution < -0.4 is 0 Å². The number of nitrogens with zero attached hydrogens (tertiary/aromatic N) is 1. The lowest BCUT2D eigenvalue weighted by Crippen LogP contribution is -2.32. The molecule has 0 aliphatic carbocycles. The second-order valence-corrected chi connectivity index (χ2v) is 8.24. The summed E-state index contributed by atoms with van der Waals surface area (Å²) < 4.78 is 0.945. The first-order valence-corrected chi connectivity index (χ1v) is 10.4. The SMILES string of the molecule is Cc1ccc(C2=C(O)C(=O)N(CCc3ccccc3)C2c2cccc(Br)c2)cc1. The van der Waals surface area contributed by atoms with Crippen LogP contribution in [0.15, 0.2) is 89.1 Å². The van der Waals surface area contributed by atoms with Gasteiger partial charge in [0.25, 0.3) is 5.91 Å². The van der Waals surface area contributed by atoms with Gasteiger partial charge < -0.3 is 10.0 Å². The monoisotopic (exact) mass is 447 g/mol. The van der Waals surface area contributed by atoms with Gasteiger partial charge in [0.15, 0.2) is 5.76 Å². The van der Waals surface area contributed by atoms with Crippen LogP contribution in [0.4, 0.5) is 0 Å². The molecule has 0 saturated carbocycles. The molecule has 3 aromatic carbocycles. The number of hydrogen-bond acceptors (Lipinski definition) is 2. The van der Waals surface area contributed by atoms with Crippen molar-refractivity contribution in [3.05, 3.63) is 111 Å². The molecule has 0 bridgehead atoms. The molecule has 0 saturated heterocycles. The average molecular weight is 448 g/mol. The maximum Gasteiger partial charge on any atom is 0.289 e. The van der Waals surface area contributed by atoms with E-state index in [4.69, 9.17) is 0 Å². The molecule has 1 N–H and O–H groups in total. The van der Waals surface area contributed by atoms with Crippen LogP contribution in [-0.2, 0) is 11.2 Å². The van der Waals surface area contributed by atoms with Crippen LogP contribution in [0.2, 0.25) is 0 Å². The van der Waals surface area contributed by atoms with Crippen molar-refractivity contribution < 1.29 is 9.90 Å². The molecule has 1 atom stereocenters. The number of benzene rings is 3. The summed E-state index contributed by atoms with van der Waals surface area (Å²) in [5, 5.41) is 10.8. The van der Waals surface area contributed by atoms with Crippen LogP contribution >= 0.6 is 15.9 Å². The molecule has 146 valence electrons. The summed E-state index contributed by atoms with van der Waals surface area (Å²) in [5.74, 6) is -0.478. The van der Waals surface area contributed by atoms with Gasteiger partial charge in [0.1, 0.15) is 0 Å². The van der Waals surface area contributed by atoms with Crippen molar-refractivity contribution >= 4 is 27.4 Å². The number of carbonyl (C=O) groups is 1. The van der Waals surface area contributed by atoms with E-state index in [1.165, 1.54) is 0 Å². The predicted octanol–water partition coefficient (Wildman–Crippen LogP) is 5.85. The summed E-state index contributed by atoms with van der Waals surface area (Å²) in [5.41, 5.74) is 4.81. The molecule has 4 rings (SSSR count). The number of carbonyl (C=O) groups excluding carboxylic acids is 1. The van der Waals surface area contributed by atoms with E-state index in [1.807, 2.05) is 73.7 Å². The molecule has 0 aromatic heterocycles. The fourth-order valence-corrected chi connectivity index (χ4v) is 4.25. The molecule has 1 aliphatic rings. The first kappa shape index (κ1) is 19.5. The Morgan fingerprint density at radius 3 is 2.38 bits per heavy atom. The highest BCUT2D eigenvalue weighted by atomic mass is 79.9. The Kier molecular flexibility index (Phi) is 5.54. The van der Waals surface area contributed by atoms with Gasteiger partial charge in [-0.1, -0.05) is 88.2 Å². The second-order valence-electron chi connectivity index (χ2n) is 7.32. The lowest BCUT2D eigenvalue weighted by Gasteiger charge is -2.27. The van der Waals surface area contributed by atoms with E-state index in [9.17, 15) is 9.90 Å². The number of aryl methyl sites for hydroxylation is 1. The summed E-state index contributed by atoms with van der Waals surface area (Å²) in [6, 6.07) is 25.7. The minimum atomic E-state index is -0.327. The zero-order valence-electron chi connectivity index (χ0n) is 16.2. The van der Waals surface area contributed by atoms with Gasteiger partial charge in [-0.25, -0.2) is 0 Å². The number of rotatable bonds is 5. The van der Waals surface area contributed by atoms with Crippen LogP contribution in [-0.4, -0.2) is 22.5 Å². The topological polar surface area (TPSA) is 40.5 Å². The first-order valence-electron chi connectivity index (χ1n) is 9.65. The highest BCUT2D eigenvalue weighted by Crippen LogP contribution is 2.43. The third kappa shape index (κ3) is 3.99. The van der Waals surface area contributed by atoms with Gasteiger partial charge in [0, 0.05) is 16.6 Å². The molecular weight excluding hydrogens is 426 g/mol. The molecule has 3 aromatic rings. The minimum absolute atomic E-state index is 0.160. The minimum Gasteiger partial charge on any atom is -0.503 e. The summed E-state index contributed by atoms with van der Waals surface area (Å²) in [7, 11) is 0. The van der Waals surface area contributed by atoms with Crippen LogP contribution in [0.3, 0.4) is 0 Å². The summed E-state index contributed by atoms with van der Waals surface area (Å²) in [6.45, 7) is 2.55. The molecule has 1 unspecified atom stereocenters. The van der Waals surface area contributed by atoms with Crippen LogP contribution in [0.1, 0.15) is 28.3 Å². The zero-order valence-corrected chi connectivity index (χ0v) is 17.8. The lowest BCUT2D eigenvalue weighted by atomic mass is 9.93. The van der Waals surface area contributed by atoms with E-state index in [-0.39, 0.29) is 17.7 Å². The number of halogens is 1. The summed E-state index contributed by atoms with van der Waals surface area (Å²) in [4.78, 5) is 14.8. The molecule has 0 radical (unpaired) electrons. The Morgan fingerprint density at radius 2 is 1.69 bits per heavy atom. The zero-order chi connectivity index (χ0) is 20.4. The average Bonchev–Trinajstić information content (AvgIpc) is 2.98. The Balaban J connectivity index is 1.74. The van der Waals surface area contributed by atoms with Gasteiger partial charge in [0.2, 0.25) is 0 Å². The van der Waals surface area contributed by atoms with Crippen molar-refractivity contribution in [2.75, 3.05) is 6.54 Å². The predicted molar refractivity (Wildman–Crippen MR) is 119 cm³/mol. The smallest absolute Gasteiger partial charge is 0.289 e. The maximum absolute atomic E-state index is 13.1. The molecule has 0 fully saturated rings. The first-order chi connectivity index (χ1) is 14.0. The van der Waals surface area contributed by atoms with Crippen LogP contribution in [0.5, 0.6) is 0 Å². The van der Waals surface area contributed by atoms with Crippen molar-refractivity contribution in [2.45, 2.75) is 19.4 Å². The fraction of sp³-hybridized carbons (Fsp3) is 0.160. The Morgan fingerprint density at radius 1 is 0.966 bits per heavy atom. The van der Waals surface area contributed by atoms with Gasteiger partial charge in [-0.3, -0.25) is 4.79 Å². The van der Waals surface area contributed by atoms with E-state index in [1.54, 1.807) is 4.90 Å². The number of hydrogen-bond donors (Lipinski definition) is 1. The quantitative estimate of drug-likeness (QED) is 0.532. The van der Waals surface area contributed by atoms with Gasteiger partial charge in [-0.2, -0.15) is 0 Å². The molecular formula is C25H22BrNO2. The van der Waals surface area contributed by atoms with E-state index in [2.05, 4.69) is 28.1 Å². The molecule has 3 nitrogen and oxygen atoms in total. The molecule has 0 spiro atoms. The second kappa shape index (κ2) is 8.26. The van der Waals surface area contributed by atoms with Gasteiger partial charge in [-0.05, 0) is 42.2 Å². The highest BCUT2D eigenvalue weighted by Gasteiger charge is 2.40. The van der Waals surface area contributed by atoms with Crippen molar-refractivity contribution in [3.63, 3.8) is 0 Å². The van der Waals surface area contributed by atoms with Crippen molar-refractivity contribution in [3.8, 4) is 0 Å². The third-order valence-corrected chi connectivity index (χ3v) is 5.81. The summed E-state index contributed by atoms with van der Waals surface area (Å²) in [6.07, 6.45) is 0.728. The third-order valence-electron chi connectivity index (χ3n) is 5.31. The Hall–Kier alpha value is -2.85. The Labute approximate surface area is 179 Å².